The van der Waals surface area contributed by atoms with Crippen LogP contribution in [0.25, 0.3) is 0 Å². The fraction of sp³-hybridized carbons (Fsp3) is 0.375. The minimum atomic E-state index is -0.245. The highest BCUT2D eigenvalue weighted by Crippen LogP contribution is 2.34. The zero-order valence-electron chi connectivity index (χ0n) is 12.6. The predicted octanol–water partition coefficient (Wildman–Crippen LogP) is 1.78. The summed E-state index contributed by atoms with van der Waals surface area (Å²) >= 11 is 1.46. The molecule has 0 radical (unpaired) electrons. The van der Waals surface area contributed by atoms with Gasteiger partial charge in [-0.1, -0.05) is 12.1 Å². The standard InChI is InChI=1S/C16H16N4O2S/c17-7-3-9-19(10-4-8-18)15(21)11-20-13-5-1-2-6-14(13)23-12-16(20)22/h1-2,5-6H,3-4,9-12H2. The first-order chi connectivity index (χ1) is 11.2. The molecule has 23 heavy (non-hydrogen) atoms. The zero-order valence-corrected chi connectivity index (χ0v) is 13.4. The summed E-state index contributed by atoms with van der Waals surface area (Å²) in [5.41, 5.74) is 0.739. The molecule has 118 valence electrons. The van der Waals surface area contributed by atoms with Gasteiger partial charge in [-0.25, -0.2) is 0 Å². The van der Waals surface area contributed by atoms with Crippen LogP contribution < -0.4 is 4.90 Å². The Morgan fingerprint density at radius 2 is 1.87 bits per heavy atom. The molecule has 0 aromatic heterocycles. The van der Waals surface area contributed by atoms with E-state index in [1.54, 1.807) is 0 Å². The topological polar surface area (TPSA) is 88.2 Å². The van der Waals surface area contributed by atoms with Gasteiger partial charge >= 0.3 is 0 Å². The number of fused-ring (bicyclic) bond motifs is 1. The van der Waals surface area contributed by atoms with Crippen LogP contribution in [0, 0.1) is 22.7 Å². The number of hydrogen-bond donors (Lipinski definition) is 0. The Labute approximate surface area is 139 Å². The summed E-state index contributed by atoms with van der Waals surface area (Å²) in [6.45, 7) is 0.484. The second-order valence-electron chi connectivity index (χ2n) is 4.93. The highest BCUT2D eigenvalue weighted by molar-refractivity contribution is 8.00. The van der Waals surface area contributed by atoms with E-state index in [-0.39, 0.29) is 44.3 Å². The summed E-state index contributed by atoms with van der Waals surface area (Å²) < 4.78 is 0. The van der Waals surface area contributed by atoms with Crippen molar-refractivity contribution in [2.45, 2.75) is 17.7 Å². The van der Waals surface area contributed by atoms with E-state index >= 15 is 0 Å². The molecule has 1 heterocycles. The van der Waals surface area contributed by atoms with Gasteiger partial charge < -0.3 is 9.80 Å². The van der Waals surface area contributed by atoms with Crippen molar-refractivity contribution >= 4 is 29.3 Å². The normalized spacial score (nSPS) is 13.0. The number of hydrogen-bond acceptors (Lipinski definition) is 5. The lowest BCUT2D eigenvalue weighted by molar-refractivity contribution is -0.131. The van der Waals surface area contributed by atoms with Gasteiger partial charge in [0.1, 0.15) is 6.54 Å². The minimum absolute atomic E-state index is 0.0622. The Bertz CT molecular complexity index is 659. The number of nitriles is 2. The van der Waals surface area contributed by atoms with Crippen molar-refractivity contribution in [1.29, 1.82) is 10.5 Å². The van der Waals surface area contributed by atoms with E-state index in [0.717, 1.165) is 10.6 Å². The molecule has 0 N–H and O–H groups in total. The number of anilines is 1. The molecule has 1 aliphatic rings. The van der Waals surface area contributed by atoms with E-state index in [0.29, 0.717) is 5.75 Å². The average molecular weight is 328 g/mol. The van der Waals surface area contributed by atoms with Crippen molar-refractivity contribution in [3.63, 3.8) is 0 Å². The average Bonchev–Trinajstić information content (AvgIpc) is 2.57. The fourth-order valence-electron chi connectivity index (χ4n) is 2.29. The Kier molecular flexibility index (Phi) is 6.02. The lowest BCUT2D eigenvalue weighted by Gasteiger charge is -2.30. The second-order valence-corrected chi connectivity index (χ2v) is 5.95. The Morgan fingerprint density at radius 1 is 1.22 bits per heavy atom. The molecule has 0 saturated heterocycles. The van der Waals surface area contributed by atoms with E-state index in [9.17, 15) is 9.59 Å². The van der Waals surface area contributed by atoms with Gasteiger partial charge in [0.2, 0.25) is 11.8 Å². The summed E-state index contributed by atoms with van der Waals surface area (Å²) in [6, 6.07) is 11.5. The molecule has 1 aliphatic heterocycles. The maximum atomic E-state index is 12.5. The van der Waals surface area contributed by atoms with E-state index in [1.165, 1.54) is 21.6 Å². The molecule has 0 bridgehead atoms. The molecule has 0 spiro atoms. The largest absolute Gasteiger partial charge is 0.339 e. The quantitative estimate of drug-likeness (QED) is 0.794. The summed E-state index contributed by atoms with van der Waals surface area (Å²) in [6.07, 6.45) is 0.412. The number of thioether (sulfide) groups is 1. The molecule has 2 amide bonds. The molecule has 0 fully saturated rings. The number of para-hydroxylation sites is 1. The van der Waals surface area contributed by atoms with E-state index in [1.807, 2.05) is 36.4 Å². The number of amides is 2. The molecule has 0 saturated carbocycles. The maximum Gasteiger partial charge on any atom is 0.242 e. The molecule has 0 unspecified atom stereocenters. The number of benzene rings is 1. The van der Waals surface area contributed by atoms with Crippen molar-refractivity contribution in [1.82, 2.24) is 4.90 Å². The van der Waals surface area contributed by atoms with E-state index in [2.05, 4.69) is 0 Å². The highest BCUT2D eigenvalue weighted by atomic mass is 32.2. The van der Waals surface area contributed by atoms with Gasteiger partial charge in [-0.15, -0.1) is 11.8 Å². The Morgan fingerprint density at radius 3 is 2.52 bits per heavy atom. The molecule has 0 aliphatic carbocycles. The van der Waals surface area contributed by atoms with Crippen LogP contribution in [0.15, 0.2) is 29.2 Å². The molecule has 1 aromatic carbocycles. The van der Waals surface area contributed by atoms with Crippen LogP contribution in [-0.4, -0.2) is 42.1 Å². The summed E-state index contributed by atoms with van der Waals surface area (Å²) in [5.74, 6) is -0.0474. The van der Waals surface area contributed by atoms with Gasteiger partial charge in [-0.3, -0.25) is 9.59 Å². The smallest absolute Gasteiger partial charge is 0.242 e. The lowest BCUT2D eigenvalue weighted by Crippen LogP contribution is -2.45. The van der Waals surface area contributed by atoms with Crippen LogP contribution in [-0.2, 0) is 9.59 Å². The van der Waals surface area contributed by atoms with Crippen molar-refractivity contribution in [2.75, 3.05) is 30.3 Å². The third-order valence-electron chi connectivity index (χ3n) is 3.44. The monoisotopic (exact) mass is 328 g/mol. The molecule has 1 aromatic rings. The second kappa shape index (κ2) is 8.21. The Balaban J connectivity index is 2.12. The molecular weight excluding hydrogens is 312 g/mol. The van der Waals surface area contributed by atoms with Crippen LogP contribution in [0.5, 0.6) is 0 Å². The van der Waals surface area contributed by atoms with Crippen molar-refractivity contribution in [3.05, 3.63) is 24.3 Å². The summed E-state index contributed by atoms with van der Waals surface area (Å²) in [4.78, 5) is 28.6. The number of carbonyl (C=O) groups excluding carboxylic acids is 2. The minimum Gasteiger partial charge on any atom is -0.339 e. The number of carbonyl (C=O) groups is 2. The van der Waals surface area contributed by atoms with Gasteiger partial charge in [-0.05, 0) is 12.1 Å². The Hall–Kier alpha value is -2.51. The fourth-order valence-corrected chi connectivity index (χ4v) is 3.23. The summed E-state index contributed by atoms with van der Waals surface area (Å²) in [7, 11) is 0. The van der Waals surface area contributed by atoms with Crippen LogP contribution >= 0.6 is 11.8 Å². The van der Waals surface area contributed by atoms with Crippen LogP contribution in [0.2, 0.25) is 0 Å². The van der Waals surface area contributed by atoms with Crippen molar-refractivity contribution < 1.29 is 9.59 Å². The van der Waals surface area contributed by atoms with E-state index in [4.69, 9.17) is 10.5 Å². The van der Waals surface area contributed by atoms with Crippen molar-refractivity contribution in [3.8, 4) is 12.1 Å². The van der Waals surface area contributed by atoms with Crippen molar-refractivity contribution in [2.24, 2.45) is 0 Å². The summed E-state index contributed by atoms with van der Waals surface area (Å²) in [5, 5.41) is 17.4. The van der Waals surface area contributed by atoms with Gasteiger partial charge in [0.15, 0.2) is 0 Å². The number of nitrogens with zero attached hydrogens (tertiary/aromatic N) is 4. The molecule has 7 heteroatoms. The first-order valence-corrected chi connectivity index (χ1v) is 8.19. The zero-order chi connectivity index (χ0) is 16.7. The van der Waals surface area contributed by atoms with Gasteiger partial charge in [0, 0.05) is 18.0 Å². The van der Waals surface area contributed by atoms with Crippen LogP contribution in [0.1, 0.15) is 12.8 Å². The van der Waals surface area contributed by atoms with E-state index < -0.39 is 0 Å². The first kappa shape index (κ1) is 16.9. The number of rotatable bonds is 6. The molecular formula is C16H16N4O2S. The SMILES string of the molecule is N#CCCN(CCC#N)C(=O)CN1C(=O)CSc2ccccc21. The molecule has 2 rings (SSSR count). The maximum absolute atomic E-state index is 12.5. The van der Waals surface area contributed by atoms with Gasteiger partial charge in [0.25, 0.3) is 0 Å². The predicted molar refractivity (Wildman–Crippen MR) is 86.6 cm³/mol. The third-order valence-corrected chi connectivity index (χ3v) is 4.49. The highest BCUT2D eigenvalue weighted by Gasteiger charge is 2.27. The lowest BCUT2D eigenvalue weighted by atomic mass is 10.2. The van der Waals surface area contributed by atoms with Gasteiger partial charge in [-0.2, -0.15) is 10.5 Å². The molecule has 0 atom stereocenters. The van der Waals surface area contributed by atoms with Gasteiger partial charge in [0.05, 0.1) is 36.4 Å². The van der Waals surface area contributed by atoms with Crippen LogP contribution in [0.4, 0.5) is 5.69 Å². The van der Waals surface area contributed by atoms with Crippen LogP contribution in [0.3, 0.4) is 0 Å². The third kappa shape index (κ3) is 4.24. The molecule has 6 nitrogen and oxygen atoms in total. The first-order valence-electron chi connectivity index (χ1n) is 7.21.